The van der Waals surface area contributed by atoms with E-state index < -0.39 is 0 Å². The van der Waals surface area contributed by atoms with E-state index in [2.05, 4.69) is 27.9 Å². The van der Waals surface area contributed by atoms with Crippen LogP contribution in [0.25, 0.3) is 22.0 Å². The van der Waals surface area contributed by atoms with Crippen LogP contribution in [0.2, 0.25) is 0 Å². The second kappa shape index (κ2) is 9.95. The van der Waals surface area contributed by atoms with Crippen LogP contribution in [0.1, 0.15) is 47.3 Å². The molecule has 1 amide bonds. The van der Waals surface area contributed by atoms with E-state index in [-0.39, 0.29) is 12.0 Å². The second-order valence-electron chi connectivity index (χ2n) is 8.47. The molecule has 1 atom stereocenters. The number of nitrogens with zero attached hydrogens (tertiary/aromatic N) is 3. The van der Waals surface area contributed by atoms with Crippen LogP contribution in [-0.4, -0.2) is 39.7 Å². The minimum atomic E-state index is -0.0929. The average molecular weight is 477 g/mol. The first-order valence-corrected chi connectivity index (χ1v) is 12.5. The molecule has 0 bridgehead atoms. The summed E-state index contributed by atoms with van der Waals surface area (Å²) in [6.07, 6.45) is 6.51. The van der Waals surface area contributed by atoms with Gasteiger partial charge in [-0.2, -0.15) is 0 Å². The SMILES string of the molecule is CCc1cc(-c2nc(-c3cc(C(=O)NCC4CCCO4)c(C)n3Cc3ccco3)cs2)ccn1. The van der Waals surface area contributed by atoms with E-state index in [1.807, 2.05) is 42.8 Å². The molecular weight excluding hydrogens is 448 g/mol. The fourth-order valence-corrected chi connectivity index (χ4v) is 5.10. The van der Waals surface area contributed by atoms with Gasteiger partial charge >= 0.3 is 0 Å². The first-order chi connectivity index (χ1) is 16.6. The Labute approximate surface area is 202 Å². The van der Waals surface area contributed by atoms with Crippen molar-refractivity contribution in [3.8, 4) is 22.0 Å². The van der Waals surface area contributed by atoms with Crippen molar-refractivity contribution in [1.29, 1.82) is 0 Å². The van der Waals surface area contributed by atoms with Crippen molar-refractivity contribution in [2.75, 3.05) is 13.2 Å². The summed E-state index contributed by atoms with van der Waals surface area (Å²) in [6.45, 7) is 5.88. The fraction of sp³-hybridized carbons (Fsp3) is 0.346. The summed E-state index contributed by atoms with van der Waals surface area (Å²) in [7, 11) is 0. The number of ether oxygens (including phenoxy) is 1. The molecule has 1 N–H and O–H groups in total. The van der Waals surface area contributed by atoms with Gasteiger partial charge in [0.05, 0.1) is 35.9 Å². The molecule has 176 valence electrons. The number of rotatable bonds is 8. The fourth-order valence-electron chi connectivity index (χ4n) is 4.28. The molecule has 4 aromatic heterocycles. The summed E-state index contributed by atoms with van der Waals surface area (Å²) in [4.78, 5) is 22.4. The normalized spacial score (nSPS) is 15.6. The quantitative estimate of drug-likeness (QED) is 0.383. The lowest BCUT2D eigenvalue weighted by atomic mass is 10.2. The van der Waals surface area contributed by atoms with E-state index >= 15 is 0 Å². The summed E-state index contributed by atoms with van der Waals surface area (Å²) >= 11 is 1.59. The molecule has 1 aliphatic heterocycles. The number of hydrogen-bond donors (Lipinski definition) is 1. The van der Waals surface area contributed by atoms with Crippen LogP contribution in [0.3, 0.4) is 0 Å². The maximum absolute atomic E-state index is 13.1. The van der Waals surface area contributed by atoms with E-state index in [4.69, 9.17) is 14.1 Å². The van der Waals surface area contributed by atoms with Crippen LogP contribution in [-0.2, 0) is 17.7 Å². The van der Waals surface area contributed by atoms with Gasteiger partial charge in [0, 0.05) is 41.7 Å². The maximum Gasteiger partial charge on any atom is 0.253 e. The first-order valence-electron chi connectivity index (χ1n) is 11.7. The summed E-state index contributed by atoms with van der Waals surface area (Å²) < 4.78 is 13.4. The van der Waals surface area contributed by atoms with Gasteiger partial charge in [-0.15, -0.1) is 11.3 Å². The predicted molar refractivity (Wildman–Crippen MR) is 132 cm³/mol. The van der Waals surface area contributed by atoms with Gasteiger partial charge in [-0.3, -0.25) is 9.78 Å². The molecule has 0 aliphatic carbocycles. The summed E-state index contributed by atoms with van der Waals surface area (Å²) in [5.74, 6) is 0.730. The number of nitrogens with one attached hydrogen (secondary N) is 1. The van der Waals surface area contributed by atoms with Crippen molar-refractivity contribution in [2.45, 2.75) is 45.8 Å². The number of carbonyl (C=O) groups excluding carboxylic acids is 1. The van der Waals surface area contributed by atoms with E-state index in [0.717, 1.165) is 65.0 Å². The van der Waals surface area contributed by atoms with Gasteiger partial charge < -0.3 is 19.0 Å². The topological polar surface area (TPSA) is 82.2 Å². The van der Waals surface area contributed by atoms with Crippen molar-refractivity contribution >= 4 is 17.2 Å². The highest BCUT2D eigenvalue weighted by atomic mass is 32.1. The Kier molecular flexibility index (Phi) is 6.60. The number of thiazole rings is 1. The average Bonchev–Trinajstić information content (AvgIpc) is 3.66. The van der Waals surface area contributed by atoms with E-state index in [9.17, 15) is 4.79 Å². The van der Waals surface area contributed by atoms with Gasteiger partial charge in [0.2, 0.25) is 0 Å². The van der Waals surface area contributed by atoms with Crippen molar-refractivity contribution in [3.05, 3.63) is 70.9 Å². The minimum absolute atomic E-state index is 0.0929. The lowest BCUT2D eigenvalue weighted by Gasteiger charge is -2.11. The van der Waals surface area contributed by atoms with Gasteiger partial charge in [0.25, 0.3) is 5.91 Å². The highest BCUT2D eigenvalue weighted by Crippen LogP contribution is 2.32. The zero-order valence-electron chi connectivity index (χ0n) is 19.4. The van der Waals surface area contributed by atoms with Gasteiger partial charge in [-0.1, -0.05) is 6.92 Å². The van der Waals surface area contributed by atoms with Crippen LogP contribution in [0, 0.1) is 6.92 Å². The lowest BCUT2D eigenvalue weighted by Crippen LogP contribution is -2.32. The van der Waals surface area contributed by atoms with Gasteiger partial charge in [-0.25, -0.2) is 4.98 Å². The number of furan rings is 1. The Morgan fingerprint density at radius 1 is 1.32 bits per heavy atom. The molecule has 4 aromatic rings. The summed E-state index contributed by atoms with van der Waals surface area (Å²) in [5, 5.41) is 6.03. The number of aryl methyl sites for hydroxylation is 1. The predicted octanol–water partition coefficient (Wildman–Crippen LogP) is 5.09. The molecule has 8 heteroatoms. The number of hydrogen-bond acceptors (Lipinski definition) is 6. The van der Waals surface area contributed by atoms with Gasteiger partial charge in [-0.05, 0) is 56.5 Å². The van der Waals surface area contributed by atoms with Crippen LogP contribution in [0.15, 0.2) is 52.6 Å². The number of aromatic nitrogens is 3. The Morgan fingerprint density at radius 2 is 2.24 bits per heavy atom. The zero-order chi connectivity index (χ0) is 23.5. The Hall–Kier alpha value is -3.23. The van der Waals surface area contributed by atoms with Crippen molar-refractivity contribution in [2.24, 2.45) is 0 Å². The molecule has 5 rings (SSSR count). The molecule has 0 radical (unpaired) electrons. The van der Waals surface area contributed by atoms with Crippen LogP contribution < -0.4 is 5.32 Å². The molecule has 34 heavy (non-hydrogen) atoms. The van der Waals surface area contributed by atoms with Crippen LogP contribution in [0.5, 0.6) is 0 Å². The number of pyridine rings is 1. The molecule has 1 fully saturated rings. The minimum Gasteiger partial charge on any atom is -0.467 e. The third-order valence-electron chi connectivity index (χ3n) is 6.21. The largest absolute Gasteiger partial charge is 0.467 e. The van der Waals surface area contributed by atoms with Crippen molar-refractivity contribution < 1.29 is 13.9 Å². The molecule has 1 aliphatic rings. The molecule has 0 saturated carbocycles. The first kappa shape index (κ1) is 22.6. The van der Waals surface area contributed by atoms with E-state index in [0.29, 0.717) is 18.7 Å². The molecular formula is C26H28N4O3S. The Bertz CT molecular complexity index is 1270. The molecule has 1 saturated heterocycles. The number of amides is 1. The van der Waals surface area contributed by atoms with E-state index in [1.54, 1.807) is 17.6 Å². The Morgan fingerprint density at radius 3 is 3.00 bits per heavy atom. The highest BCUT2D eigenvalue weighted by molar-refractivity contribution is 7.13. The standard InChI is InChI=1S/C26H28N4O3S/c1-3-19-12-18(8-9-27-19)26-29-23(16-34-26)24-13-22(25(31)28-14-20-6-4-10-32-20)17(2)30(24)15-21-7-5-11-33-21/h5,7-9,11-13,16,20H,3-4,6,10,14-15H2,1-2H3,(H,28,31). The van der Waals surface area contributed by atoms with Crippen LogP contribution in [0.4, 0.5) is 0 Å². The van der Waals surface area contributed by atoms with Crippen molar-refractivity contribution in [3.63, 3.8) is 0 Å². The number of carbonyl (C=O) groups is 1. The molecule has 1 unspecified atom stereocenters. The molecule has 0 aromatic carbocycles. The van der Waals surface area contributed by atoms with Crippen molar-refractivity contribution in [1.82, 2.24) is 19.9 Å². The second-order valence-corrected chi connectivity index (χ2v) is 9.32. The molecule has 0 spiro atoms. The third-order valence-corrected chi connectivity index (χ3v) is 7.10. The molecule has 5 heterocycles. The summed E-state index contributed by atoms with van der Waals surface area (Å²) in [6, 6.07) is 9.82. The Balaban J connectivity index is 1.47. The molecule has 7 nitrogen and oxygen atoms in total. The van der Waals surface area contributed by atoms with E-state index in [1.165, 1.54) is 0 Å². The summed E-state index contributed by atoms with van der Waals surface area (Å²) in [5.41, 5.74) is 5.34. The third kappa shape index (κ3) is 4.69. The zero-order valence-corrected chi connectivity index (χ0v) is 20.2. The maximum atomic E-state index is 13.1. The van der Waals surface area contributed by atoms with Crippen LogP contribution >= 0.6 is 11.3 Å². The highest BCUT2D eigenvalue weighted by Gasteiger charge is 2.23. The van der Waals surface area contributed by atoms with Gasteiger partial charge in [0.15, 0.2) is 0 Å². The van der Waals surface area contributed by atoms with Gasteiger partial charge in [0.1, 0.15) is 10.8 Å². The lowest BCUT2D eigenvalue weighted by molar-refractivity contribution is 0.0857. The smallest absolute Gasteiger partial charge is 0.253 e. The monoisotopic (exact) mass is 476 g/mol.